The number of hydrogen-bond acceptors (Lipinski definition) is 2. The summed E-state index contributed by atoms with van der Waals surface area (Å²) >= 11 is 3.42. The Labute approximate surface area is 119 Å². The third kappa shape index (κ3) is 2.58. The summed E-state index contributed by atoms with van der Waals surface area (Å²) in [5.41, 5.74) is 8.75. The third-order valence-corrected chi connectivity index (χ3v) is 3.44. The summed E-state index contributed by atoms with van der Waals surface area (Å²) in [6, 6.07) is 15.7. The van der Waals surface area contributed by atoms with Crippen molar-refractivity contribution in [3.63, 3.8) is 0 Å². The van der Waals surface area contributed by atoms with Gasteiger partial charge in [0.05, 0.1) is 5.69 Å². The van der Waals surface area contributed by atoms with Gasteiger partial charge in [-0.3, -0.25) is 0 Å². The molecule has 0 atom stereocenters. The summed E-state index contributed by atoms with van der Waals surface area (Å²) in [6.07, 6.45) is 0. The predicted molar refractivity (Wildman–Crippen MR) is 81.2 cm³/mol. The van der Waals surface area contributed by atoms with Crippen LogP contribution < -0.4 is 10.5 Å². The summed E-state index contributed by atoms with van der Waals surface area (Å²) in [5.74, 6) is 0.834. The van der Waals surface area contributed by atoms with Crippen molar-refractivity contribution in [3.8, 4) is 5.75 Å². The average Bonchev–Trinajstić information content (AvgIpc) is 2.81. The number of hydrogen-bond donors (Lipinski definition) is 2. The molecule has 19 heavy (non-hydrogen) atoms. The Morgan fingerprint density at radius 1 is 1.11 bits per heavy atom. The largest absolute Gasteiger partial charge is 0.487 e. The molecule has 0 aliphatic heterocycles. The highest BCUT2D eigenvalue weighted by Gasteiger charge is 2.04. The number of benzene rings is 2. The number of nitrogens with two attached hydrogens (primary N) is 1. The van der Waals surface area contributed by atoms with E-state index in [1.54, 1.807) is 0 Å². The highest BCUT2D eigenvalue weighted by atomic mass is 79.9. The van der Waals surface area contributed by atoms with Crippen LogP contribution in [0.25, 0.3) is 10.9 Å². The maximum atomic E-state index is 5.93. The second-order valence-electron chi connectivity index (χ2n) is 4.35. The summed E-state index contributed by atoms with van der Waals surface area (Å²) in [4.78, 5) is 3.30. The molecule has 0 spiro atoms. The van der Waals surface area contributed by atoms with Gasteiger partial charge in [-0.15, -0.1) is 0 Å². The molecule has 2 aromatic carbocycles. The van der Waals surface area contributed by atoms with Crippen molar-refractivity contribution < 1.29 is 4.74 Å². The molecule has 0 unspecified atom stereocenters. The zero-order valence-corrected chi connectivity index (χ0v) is 11.8. The monoisotopic (exact) mass is 316 g/mol. The van der Waals surface area contributed by atoms with Gasteiger partial charge in [0, 0.05) is 21.1 Å². The zero-order chi connectivity index (χ0) is 13.2. The van der Waals surface area contributed by atoms with Crippen molar-refractivity contribution in [1.29, 1.82) is 0 Å². The van der Waals surface area contributed by atoms with Gasteiger partial charge in [-0.25, -0.2) is 0 Å². The SMILES string of the molecule is Nc1cccc2[nH]c(COc3cccc(Br)c3)cc12. The molecule has 3 aromatic rings. The highest BCUT2D eigenvalue weighted by Crippen LogP contribution is 2.23. The van der Waals surface area contributed by atoms with Crippen molar-refractivity contribution in [3.05, 3.63) is 58.7 Å². The molecule has 0 radical (unpaired) electrons. The van der Waals surface area contributed by atoms with E-state index in [2.05, 4.69) is 20.9 Å². The summed E-state index contributed by atoms with van der Waals surface area (Å²) in [5, 5.41) is 1.04. The highest BCUT2D eigenvalue weighted by molar-refractivity contribution is 9.10. The summed E-state index contributed by atoms with van der Waals surface area (Å²) < 4.78 is 6.75. The molecule has 1 aromatic heterocycles. The average molecular weight is 317 g/mol. The number of ether oxygens (including phenoxy) is 1. The van der Waals surface area contributed by atoms with E-state index in [0.29, 0.717) is 6.61 Å². The number of aromatic amines is 1. The molecular weight excluding hydrogens is 304 g/mol. The van der Waals surface area contributed by atoms with Gasteiger partial charge >= 0.3 is 0 Å². The quantitative estimate of drug-likeness (QED) is 0.715. The number of nitrogens with one attached hydrogen (secondary N) is 1. The minimum Gasteiger partial charge on any atom is -0.487 e. The van der Waals surface area contributed by atoms with E-state index < -0.39 is 0 Å². The first-order valence-corrected chi connectivity index (χ1v) is 6.76. The summed E-state index contributed by atoms with van der Waals surface area (Å²) in [6.45, 7) is 0.491. The van der Waals surface area contributed by atoms with Crippen LogP contribution in [-0.2, 0) is 6.61 Å². The predicted octanol–water partition coefficient (Wildman–Crippen LogP) is 4.09. The molecule has 0 fully saturated rings. The van der Waals surface area contributed by atoms with Gasteiger partial charge in [0.15, 0.2) is 0 Å². The van der Waals surface area contributed by atoms with E-state index in [9.17, 15) is 0 Å². The van der Waals surface area contributed by atoms with Crippen LogP contribution in [0.15, 0.2) is 53.0 Å². The number of rotatable bonds is 3. The van der Waals surface area contributed by atoms with Crippen LogP contribution in [0.2, 0.25) is 0 Å². The number of nitrogen functional groups attached to an aromatic ring is 1. The lowest BCUT2D eigenvalue weighted by Gasteiger charge is -2.04. The molecule has 1 heterocycles. The number of aromatic nitrogens is 1. The second-order valence-corrected chi connectivity index (χ2v) is 5.26. The Bertz CT molecular complexity index is 721. The van der Waals surface area contributed by atoms with Crippen molar-refractivity contribution in [2.75, 3.05) is 5.73 Å². The fourth-order valence-electron chi connectivity index (χ4n) is 2.03. The van der Waals surface area contributed by atoms with Gasteiger partial charge in [-0.05, 0) is 36.4 Å². The van der Waals surface area contributed by atoms with E-state index in [4.69, 9.17) is 10.5 Å². The molecule has 3 rings (SSSR count). The lowest BCUT2D eigenvalue weighted by Crippen LogP contribution is -1.95. The minimum absolute atomic E-state index is 0.491. The zero-order valence-electron chi connectivity index (χ0n) is 10.2. The molecule has 0 aliphatic carbocycles. The normalized spacial score (nSPS) is 10.8. The van der Waals surface area contributed by atoms with Crippen LogP contribution in [0, 0.1) is 0 Å². The van der Waals surface area contributed by atoms with Gasteiger partial charge in [0.25, 0.3) is 0 Å². The van der Waals surface area contributed by atoms with Crippen LogP contribution in [0.1, 0.15) is 5.69 Å². The van der Waals surface area contributed by atoms with Gasteiger partial charge in [-0.2, -0.15) is 0 Å². The molecule has 3 N–H and O–H groups in total. The van der Waals surface area contributed by atoms with Gasteiger partial charge in [-0.1, -0.05) is 28.1 Å². The first-order valence-electron chi connectivity index (χ1n) is 5.97. The molecule has 0 bridgehead atoms. The second kappa shape index (κ2) is 4.97. The van der Waals surface area contributed by atoms with Crippen LogP contribution in [-0.4, -0.2) is 4.98 Å². The van der Waals surface area contributed by atoms with E-state index in [-0.39, 0.29) is 0 Å². The van der Waals surface area contributed by atoms with E-state index in [1.165, 1.54) is 0 Å². The topological polar surface area (TPSA) is 51.0 Å². The molecule has 0 amide bonds. The number of H-pyrrole nitrogens is 1. The van der Waals surface area contributed by atoms with Gasteiger partial charge in [0.1, 0.15) is 12.4 Å². The summed E-state index contributed by atoms with van der Waals surface area (Å²) in [7, 11) is 0. The maximum Gasteiger partial charge on any atom is 0.128 e. The Balaban J connectivity index is 1.80. The lowest BCUT2D eigenvalue weighted by molar-refractivity contribution is 0.302. The fraction of sp³-hybridized carbons (Fsp3) is 0.0667. The third-order valence-electron chi connectivity index (χ3n) is 2.94. The first-order chi connectivity index (χ1) is 9.22. The smallest absolute Gasteiger partial charge is 0.128 e. The number of halogens is 1. The Kier molecular flexibility index (Phi) is 3.17. The fourth-order valence-corrected chi connectivity index (χ4v) is 2.41. The van der Waals surface area contributed by atoms with E-state index in [0.717, 1.165) is 32.5 Å². The molecule has 3 nitrogen and oxygen atoms in total. The van der Waals surface area contributed by atoms with Crippen LogP contribution in [0.5, 0.6) is 5.75 Å². The Morgan fingerprint density at radius 2 is 1.95 bits per heavy atom. The molecule has 4 heteroatoms. The van der Waals surface area contributed by atoms with E-state index in [1.807, 2.05) is 48.5 Å². The minimum atomic E-state index is 0.491. The van der Waals surface area contributed by atoms with Crippen LogP contribution in [0.3, 0.4) is 0 Å². The Morgan fingerprint density at radius 3 is 2.74 bits per heavy atom. The van der Waals surface area contributed by atoms with Crippen molar-refractivity contribution in [2.24, 2.45) is 0 Å². The van der Waals surface area contributed by atoms with Gasteiger partial charge in [0.2, 0.25) is 0 Å². The maximum absolute atomic E-state index is 5.93. The molecular formula is C15H13BrN2O. The van der Waals surface area contributed by atoms with E-state index >= 15 is 0 Å². The standard InChI is InChI=1S/C15H13BrN2O/c16-10-3-1-4-12(7-10)19-9-11-8-13-14(17)5-2-6-15(13)18-11/h1-8,18H,9,17H2. The molecule has 0 saturated carbocycles. The molecule has 0 aliphatic rings. The number of anilines is 1. The number of fused-ring (bicyclic) bond motifs is 1. The lowest BCUT2D eigenvalue weighted by atomic mass is 10.2. The molecule has 96 valence electrons. The van der Waals surface area contributed by atoms with Gasteiger partial charge < -0.3 is 15.5 Å². The van der Waals surface area contributed by atoms with Crippen molar-refractivity contribution in [2.45, 2.75) is 6.61 Å². The first kappa shape index (κ1) is 12.1. The Hall–Kier alpha value is -1.94. The van der Waals surface area contributed by atoms with Crippen molar-refractivity contribution in [1.82, 2.24) is 4.98 Å². The van der Waals surface area contributed by atoms with Crippen LogP contribution >= 0.6 is 15.9 Å². The molecule has 0 saturated heterocycles. The van der Waals surface area contributed by atoms with Crippen molar-refractivity contribution >= 4 is 32.5 Å². The van der Waals surface area contributed by atoms with Crippen LogP contribution in [0.4, 0.5) is 5.69 Å².